The first-order chi connectivity index (χ1) is 14.1. The van der Waals surface area contributed by atoms with Crippen LogP contribution in [-0.4, -0.2) is 30.6 Å². The maximum Gasteiger partial charge on any atom is 0.258 e. The summed E-state index contributed by atoms with van der Waals surface area (Å²) in [6, 6.07) is 10.9. The van der Waals surface area contributed by atoms with Crippen molar-refractivity contribution in [1.82, 2.24) is 30.0 Å². The number of carbonyl (C=O) groups excluding carboxylic acids is 1. The molecule has 29 heavy (non-hydrogen) atoms. The molecule has 0 saturated heterocycles. The lowest BCUT2D eigenvalue weighted by atomic mass is 10.2. The molecule has 0 atom stereocenters. The van der Waals surface area contributed by atoms with E-state index in [0.717, 1.165) is 11.1 Å². The summed E-state index contributed by atoms with van der Waals surface area (Å²) in [5.74, 6) is 1.30. The van der Waals surface area contributed by atoms with Crippen molar-refractivity contribution in [3.63, 3.8) is 0 Å². The Hall–Kier alpha value is -3.52. The summed E-state index contributed by atoms with van der Waals surface area (Å²) in [5, 5.41) is 7.53. The number of nitrogens with one attached hydrogen (secondary N) is 1. The van der Waals surface area contributed by atoms with Gasteiger partial charge in [0.25, 0.3) is 5.89 Å². The van der Waals surface area contributed by atoms with Crippen molar-refractivity contribution in [2.75, 3.05) is 0 Å². The summed E-state index contributed by atoms with van der Waals surface area (Å²) in [7, 11) is 0. The van der Waals surface area contributed by atoms with Crippen LogP contribution in [0.3, 0.4) is 0 Å². The molecule has 0 saturated carbocycles. The summed E-state index contributed by atoms with van der Waals surface area (Å²) in [5.41, 5.74) is 2.29. The minimum absolute atomic E-state index is 0.127. The van der Waals surface area contributed by atoms with Gasteiger partial charge in [-0.1, -0.05) is 28.9 Å². The van der Waals surface area contributed by atoms with Crippen molar-refractivity contribution in [3.05, 3.63) is 71.4 Å². The van der Waals surface area contributed by atoms with Gasteiger partial charge in [-0.2, -0.15) is 4.98 Å². The van der Waals surface area contributed by atoms with Gasteiger partial charge in [-0.05, 0) is 36.8 Å². The Morgan fingerprint density at radius 3 is 2.66 bits per heavy atom. The van der Waals surface area contributed by atoms with Gasteiger partial charge < -0.3 is 14.4 Å². The molecule has 4 aromatic rings. The number of amides is 1. The van der Waals surface area contributed by atoms with E-state index in [1.807, 2.05) is 19.1 Å². The van der Waals surface area contributed by atoms with E-state index in [1.165, 1.54) is 0 Å². The summed E-state index contributed by atoms with van der Waals surface area (Å²) in [6.45, 7) is 2.39. The van der Waals surface area contributed by atoms with Crippen LogP contribution in [0.4, 0.5) is 0 Å². The van der Waals surface area contributed by atoms with Crippen LogP contribution < -0.4 is 5.32 Å². The molecule has 9 heteroatoms. The number of halogens is 1. The van der Waals surface area contributed by atoms with Crippen molar-refractivity contribution in [2.45, 2.75) is 20.0 Å². The maximum absolute atomic E-state index is 12.3. The van der Waals surface area contributed by atoms with Crippen LogP contribution in [0.25, 0.3) is 23.0 Å². The monoisotopic (exact) mass is 408 g/mol. The zero-order valence-corrected chi connectivity index (χ0v) is 16.3. The standard InChI is InChI=1S/C20H17ClN6O2/c1-13-24-17(19-25-20(29-26-19)15-6-8-22-9-7-15)11-27(13)12-18(28)23-10-14-2-4-16(21)5-3-14/h2-9,11H,10,12H2,1H3,(H,23,28). The predicted molar refractivity (Wildman–Crippen MR) is 107 cm³/mol. The molecule has 0 fully saturated rings. The van der Waals surface area contributed by atoms with Crippen LogP contribution in [0.1, 0.15) is 11.4 Å². The van der Waals surface area contributed by atoms with Gasteiger partial charge >= 0.3 is 0 Å². The highest BCUT2D eigenvalue weighted by atomic mass is 35.5. The highest BCUT2D eigenvalue weighted by Gasteiger charge is 2.15. The Balaban J connectivity index is 1.42. The van der Waals surface area contributed by atoms with E-state index < -0.39 is 0 Å². The van der Waals surface area contributed by atoms with Gasteiger partial charge in [0.05, 0.1) is 0 Å². The molecule has 0 unspecified atom stereocenters. The van der Waals surface area contributed by atoms with Crippen LogP contribution in [-0.2, 0) is 17.9 Å². The normalized spacial score (nSPS) is 10.8. The van der Waals surface area contributed by atoms with Crippen LogP contribution in [0.5, 0.6) is 0 Å². The highest BCUT2D eigenvalue weighted by molar-refractivity contribution is 6.30. The van der Waals surface area contributed by atoms with Crippen LogP contribution in [0.2, 0.25) is 5.02 Å². The van der Waals surface area contributed by atoms with Crippen LogP contribution >= 0.6 is 11.6 Å². The van der Waals surface area contributed by atoms with Crippen molar-refractivity contribution in [1.29, 1.82) is 0 Å². The van der Waals surface area contributed by atoms with E-state index >= 15 is 0 Å². The molecule has 3 heterocycles. The Labute approximate surface area is 171 Å². The SMILES string of the molecule is Cc1nc(-c2noc(-c3ccncc3)n2)cn1CC(=O)NCc1ccc(Cl)cc1. The average molecular weight is 409 g/mol. The largest absolute Gasteiger partial charge is 0.350 e. The molecule has 1 amide bonds. The predicted octanol–water partition coefficient (Wildman–Crippen LogP) is 3.27. The lowest BCUT2D eigenvalue weighted by molar-refractivity contribution is -0.121. The number of aromatic nitrogens is 5. The number of carbonyl (C=O) groups is 1. The first-order valence-electron chi connectivity index (χ1n) is 8.88. The average Bonchev–Trinajstić information content (AvgIpc) is 3.36. The minimum Gasteiger partial charge on any atom is -0.350 e. The molecule has 0 radical (unpaired) electrons. The zero-order chi connectivity index (χ0) is 20.2. The van der Waals surface area contributed by atoms with Crippen molar-refractivity contribution < 1.29 is 9.32 Å². The molecule has 3 aromatic heterocycles. The molecule has 4 rings (SSSR count). The second-order valence-corrected chi connectivity index (χ2v) is 6.80. The van der Waals surface area contributed by atoms with Crippen LogP contribution in [0, 0.1) is 6.92 Å². The fourth-order valence-corrected chi connectivity index (χ4v) is 2.85. The summed E-state index contributed by atoms with van der Waals surface area (Å²) in [4.78, 5) is 25.1. The lowest BCUT2D eigenvalue weighted by Gasteiger charge is -2.07. The number of benzene rings is 1. The second-order valence-electron chi connectivity index (χ2n) is 6.36. The number of imidazole rings is 1. The number of aryl methyl sites for hydroxylation is 1. The van der Waals surface area contributed by atoms with E-state index in [2.05, 4.69) is 25.4 Å². The fourth-order valence-electron chi connectivity index (χ4n) is 2.73. The number of hydrogen-bond donors (Lipinski definition) is 1. The minimum atomic E-state index is -0.127. The summed E-state index contributed by atoms with van der Waals surface area (Å²) < 4.78 is 7.05. The van der Waals surface area contributed by atoms with E-state index in [1.54, 1.807) is 47.4 Å². The van der Waals surface area contributed by atoms with Crippen molar-refractivity contribution in [3.8, 4) is 23.0 Å². The first kappa shape index (κ1) is 18.8. The molecule has 8 nitrogen and oxygen atoms in total. The van der Waals surface area contributed by atoms with Gasteiger partial charge in [0.1, 0.15) is 18.1 Å². The molecule has 1 aromatic carbocycles. The lowest BCUT2D eigenvalue weighted by Crippen LogP contribution is -2.27. The smallest absolute Gasteiger partial charge is 0.258 e. The van der Waals surface area contributed by atoms with Crippen molar-refractivity contribution >= 4 is 17.5 Å². The number of rotatable bonds is 6. The molecule has 0 aliphatic rings. The molecule has 0 spiro atoms. The highest BCUT2D eigenvalue weighted by Crippen LogP contribution is 2.21. The zero-order valence-electron chi connectivity index (χ0n) is 15.5. The number of pyridine rings is 1. The topological polar surface area (TPSA) is 98.7 Å². The Morgan fingerprint density at radius 2 is 1.90 bits per heavy atom. The van der Waals surface area contributed by atoms with Crippen molar-refractivity contribution in [2.24, 2.45) is 0 Å². The maximum atomic E-state index is 12.3. The van der Waals surface area contributed by atoms with Gasteiger partial charge in [0.2, 0.25) is 11.7 Å². The summed E-state index contributed by atoms with van der Waals surface area (Å²) in [6.07, 6.45) is 5.04. The van der Waals surface area contributed by atoms with Gasteiger partial charge in [0, 0.05) is 35.7 Å². The second kappa shape index (κ2) is 8.24. The number of nitrogens with zero attached hydrogens (tertiary/aromatic N) is 5. The summed E-state index contributed by atoms with van der Waals surface area (Å²) >= 11 is 5.87. The molecular formula is C20H17ClN6O2. The van der Waals surface area contributed by atoms with Crippen LogP contribution in [0.15, 0.2) is 59.5 Å². The Morgan fingerprint density at radius 1 is 1.14 bits per heavy atom. The first-order valence-corrected chi connectivity index (χ1v) is 9.25. The molecule has 1 N–H and O–H groups in total. The van der Waals surface area contributed by atoms with E-state index in [-0.39, 0.29) is 12.5 Å². The molecule has 0 bridgehead atoms. The fraction of sp³-hybridized carbons (Fsp3) is 0.150. The third-order valence-corrected chi connectivity index (χ3v) is 4.53. The molecule has 146 valence electrons. The van der Waals surface area contributed by atoms with Gasteiger partial charge in [-0.25, -0.2) is 4.98 Å². The number of hydrogen-bond acceptors (Lipinski definition) is 6. The van der Waals surface area contributed by atoms with Gasteiger partial charge in [-0.3, -0.25) is 9.78 Å². The van der Waals surface area contributed by atoms with E-state index in [0.29, 0.717) is 34.8 Å². The Kier molecular flexibility index (Phi) is 5.35. The van der Waals surface area contributed by atoms with E-state index in [4.69, 9.17) is 16.1 Å². The van der Waals surface area contributed by atoms with Gasteiger partial charge in [-0.15, -0.1) is 0 Å². The quantitative estimate of drug-likeness (QED) is 0.525. The third kappa shape index (κ3) is 4.49. The van der Waals surface area contributed by atoms with Gasteiger partial charge in [0.15, 0.2) is 0 Å². The third-order valence-electron chi connectivity index (χ3n) is 4.28. The molecular weight excluding hydrogens is 392 g/mol. The molecule has 0 aliphatic heterocycles. The van der Waals surface area contributed by atoms with E-state index in [9.17, 15) is 4.79 Å². The Bertz CT molecular complexity index is 1120. The molecule has 0 aliphatic carbocycles.